The number of Topliss-reactive ketones (excluding diaryl/α,β-unsaturated/α-hetero) is 1. The van der Waals surface area contributed by atoms with Crippen LogP contribution in [0.2, 0.25) is 0 Å². The van der Waals surface area contributed by atoms with Gasteiger partial charge in [-0.05, 0) is 42.3 Å². The normalized spacial score (nSPS) is 20.8. The first-order valence-corrected chi connectivity index (χ1v) is 12.6. The molecule has 40 heavy (non-hydrogen) atoms. The van der Waals surface area contributed by atoms with Gasteiger partial charge in [-0.3, -0.25) is 14.5 Å². The minimum atomic E-state index is -1.27. The summed E-state index contributed by atoms with van der Waals surface area (Å²) in [6.07, 6.45) is 0.113. The average Bonchev–Trinajstić information content (AvgIpc) is 2.97. The number of esters is 2. The summed E-state index contributed by atoms with van der Waals surface area (Å²) in [5.41, 5.74) is 7.97. The number of halogens is 2. The Morgan fingerprint density at radius 2 is 1.55 bits per heavy atom. The van der Waals surface area contributed by atoms with E-state index in [9.17, 15) is 18.8 Å². The van der Waals surface area contributed by atoms with Gasteiger partial charge < -0.3 is 15.2 Å². The Bertz CT molecular complexity index is 1550. The highest BCUT2D eigenvalue weighted by atomic mass is 19.1. The molecule has 0 bridgehead atoms. The van der Waals surface area contributed by atoms with Crippen LogP contribution >= 0.6 is 0 Å². The molecule has 0 saturated heterocycles. The summed E-state index contributed by atoms with van der Waals surface area (Å²) in [6, 6.07) is 20.1. The van der Waals surface area contributed by atoms with Crippen LogP contribution in [0, 0.1) is 17.6 Å². The van der Waals surface area contributed by atoms with Crippen molar-refractivity contribution in [3.8, 4) is 0 Å². The summed E-state index contributed by atoms with van der Waals surface area (Å²) in [4.78, 5) is 42.3. The number of carbonyl (C=O) groups is 3. The maximum Gasteiger partial charge on any atom is 0.338 e. The molecular weight excluding hydrogens is 518 g/mol. The summed E-state index contributed by atoms with van der Waals surface area (Å²) in [5.74, 6) is -6.72. The molecule has 2 aliphatic rings. The number of hydrogen-bond donors (Lipinski definition) is 1. The van der Waals surface area contributed by atoms with E-state index in [4.69, 9.17) is 15.2 Å². The van der Waals surface area contributed by atoms with Gasteiger partial charge in [-0.25, -0.2) is 13.6 Å². The lowest BCUT2D eigenvalue weighted by Crippen LogP contribution is -2.46. The van der Waals surface area contributed by atoms with E-state index >= 15 is 4.39 Å². The number of ether oxygens (including phenoxy) is 2. The molecule has 0 unspecified atom stereocenters. The molecule has 1 aliphatic heterocycles. The molecular formula is C31H26F2N2O5. The fourth-order valence-electron chi connectivity index (χ4n) is 5.65. The first kappa shape index (κ1) is 26.8. The minimum Gasteiger partial charge on any atom is -0.468 e. The lowest BCUT2D eigenvalue weighted by Gasteiger charge is -2.44. The maximum atomic E-state index is 15.4. The Morgan fingerprint density at radius 3 is 2.17 bits per heavy atom. The van der Waals surface area contributed by atoms with Gasteiger partial charge >= 0.3 is 11.9 Å². The lowest BCUT2D eigenvalue weighted by atomic mass is 9.67. The van der Waals surface area contributed by atoms with Crippen molar-refractivity contribution < 1.29 is 32.6 Å². The number of methoxy groups -OCH3 is 2. The molecule has 0 amide bonds. The van der Waals surface area contributed by atoms with E-state index in [1.165, 1.54) is 54.5 Å². The van der Waals surface area contributed by atoms with Gasteiger partial charge in [0.2, 0.25) is 0 Å². The number of nitrogens with zero attached hydrogens (tertiary/aromatic N) is 1. The van der Waals surface area contributed by atoms with E-state index < -0.39 is 47.1 Å². The van der Waals surface area contributed by atoms with Gasteiger partial charge in [0, 0.05) is 28.4 Å². The van der Waals surface area contributed by atoms with Crippen LogP contribution in [-0.4, -0.2) is 31.9 Å². The second kappa shape index (κ2) is 10.8. The number of allylic oxidation sites excluding steroid dienone is 2. The van der Waals surface area contributed by atoms with Crippen molar-refractivity contribution in [1.29, 1.82) is 0 Å². The second-order valence-electron chi connectivity index (χ2n) is 9.50. The van der Waals surface area contributed by atoms with Crippen LogP contribution in [0.5, 0.6) is 0 Å². The van der Waals surface area contributed by atoms with Gasteiger partial charge in [0.15, 0.2) is 5.78 Å². The van der Waals surface area contributed by atoms with Crippen LogP contribution in [0.15, 0.2) is 102 Å². The zero-order chi connectivity index (χ0) is 28.6. The molecule has 3 aromatic carbocycles. The predicted molar refractivity (Wildman–Crippen MR) is 143 cm³/mol. The monoisotopic (exact) mass is 544 g/mol. The molecule has 7 nitrogen and oxygen atoms in total. The predicted octanol–water partition coefficient (Wildman–Crippen LogP) is 4.71. The highest BCUT2D eigenvalue weighted by Gasteiger charge is 2.51. The number of hydrogen-bond acceptors (Lipinski definition) is 7. The quantitative estimate of drug-likeness (QED) is 0.367. The third-order valence-electron chi connectivity index (χ3n) is 7.43. The van der Waals surface area contributed by atoms with Crippen molar-refractivity contribution in [2.45, 2.75) is 18.3 Å². The molecule has 0 spiro atoms. The van der Waals surface area contributed by atoms with E-state index in [1.54, 1.807) is 30.3 Å². The molecule has 0 radical (unpaired) electrons. The van der Waals surface area contributed by atoms with E-state index in [1.807, 2.05) is 6.07 Å². The van der Waals surface area contributed by atoms with Gasteiger partial charge in [0.25, 0.3) is 0 Å². The second-order valence-corrected chi connectivity index (χ2v) is 9.50. The third kappa shape index (κ3) is 4.43. The summed E-state index contributed by atoms with van der Waals surface area (Å²) < 4.78 is 39.4. The summed E-state index contributed by atoms with van der Waals surface area (Å²) >= 11 is 0. The lowest BCUT2D eigenvalue weighted by molar-refractivity contribution is -0.150. The maximum absolute atomic E-state index is 15.4. The van der Waals surface area contributed by atoms with Crippen molar-refractivity contribution in [2.24, 2.45) is 11.7 Å². The highest BCUT2D eigenvalue weighted by Crippen LogP contribution is 2.51. The van der Waals surface area contributed by atoms with Crippen LogP contribution in [0.25, 0.3) is 0 Å². The van der Waals surface area contributed by atoms with Crippen molar-refractivity contribution in [2.75, 3.05) is 19.1 Å². The number of ketones is 1. The molecule has 9 heteroatoms. The average molecular weight is 545 g/mol. The van der Waals surface area contributed by atoms with Crippen LogP contribution in [-0.2, 0) is 23.9 Å². The van der Waals surface area contributed by atoms with E-state index in [2.05, 4.69) is 0 Å². The van der Waals surface area contributed by atoms with Crippen LogP contribution in [0.4, 0.5) is 14.5 Å². The smallest absolute Gasteiger partial charge is 0.338 e. The largest absolute Gasteiger partial charge is 0.468 e. The van der Waals surface area contributed by atoms with Gasteiger partial charge in [0.05, 0.1) is 25.7 Å². The van der Waals surface area contributed by atoms with E-state index in [-0.39, 0.29) is 29.0 Å². The first-order valence-electron chi connectivity index (χ1n) is 12.6. The Hall–Kier alpha value is -4.79. The number of carbonyl (C=O) groups excluding carboxylic acids is 3. The number of benzene rings is 3. The third-order valence-corrected chi connectivity index (χ3v) is 7.43. The molecule has 204 valence electrons. The molecule has 0 fully saturated rings. The number of nitrogens with two attached hydrogens (primary N) is 1. The fourth-order valence-corrected chi connectivity index (χ4v) is 5.65. The molecule has 2 N–H and O–H groups in total. The molecule has 3 atom stereocenters. The summed E-state index contributed by atoms with van der Waals surface area (Å²) in [7, 11) is 2.35. The molecule has 1 aliphatic carbocycles. The van der Waals surface area contributed by atoms with Crippen LogP contribution < -0.4 is 10.6 Å². The molecule has 0 aromatic heterocycles. The summed E-state index contributed by atoms with van der Waals surface area (Å²) in [6.45, 7) is 0. The topological polar surface area (TPSA) is 98.9 Å². The zero-order valence-corrected chi connectivity index (χ0v) is 21.8. The van der Waals surface area contributed by atoms with Gasteiger partial charge in [-0.15, -0.1) is 0 Å². The first-order chi connectivity index (χ1) is 19.3. The molecule has 1 heterocycles. The van der Waals surface area contributed by atoms with E-state index in [0.717, 1.165) is 7.11 Å². The Labute approximate surface area is 229 Å². The van der Waals surface area contributed by atoms with Gasteiger partial charge in [-0.2, -0.15) is 0 Å². The number of rotatable bonds is 5. The Morgan fingerprint density at radius 1 is 0.900 bits per heavy atom. The molecule has 5 rings (SSSR count). The fraction of sp³-hybridized carbons (Fsp3) is 0.194. The number of anilines is 1. The Balaban J connectivity index is 1.84. The molecule has 0 saturated carbocycles. The van der Waals surface area contributed by atoms with Crippen LogP contribution in [0.3, 0.4) is 0 Å². The Kier molecular flexibility index (Phi) is 7.21. The molecule has 3 aromatic rings. The zero-order valence-electron chi connectivity index (χ0n) is 21.8. The standard InChI is InChI=1S/C31H26F2N2O5/c1-39-30(37)25-21(17-8-4-3-5-9-17)16-23-26(28(25)36)24(20-10-6-7-11-22(20)33)27(31(38)40-2)29(34)35(23)19-14-12-18(32)13-15-19/h3-15,21,24-25H,16,34H2,1-2H3/t21-,24-,25-/m0/s1. The minimum absolute atomic E-state index is 0.0200. The van der Waals surface area contributed by atoms with Crippen LogP contribution in [0.1, 0.15) is 29.4 Å². The van der Waals surface area contributed by atoms with Gasteiger partial charge in [0.1, 0.15) is 23.4 Å². The van der Waals surface area contributed by atoms with Crippen molar-refractivity contribution in [3.05, 3.63) is 124 Å². The summed E-state index contributed by atoms with van der Waals surface area (Å²) in [5, 5.41) is 0. The van der Waals surface area contributed by atoms with Crippen molar-refractivity contribution in [1.82, 2.24) is 0 Å². The SMILES string of the molecule is COC(=O)C1=C(N)N(c2ccc(F)cc2)C2=C(C(=O)[C@@H](C(=O)OC)[C@H](c3ccccc3)C2)[C@@H]1c1ccccc1F. The van der Waals surface area contributed by atoms with Gasteiger partial charge in [-0.1, -0.05) is 48.5 Å². The van der Waals surface area contributed by atoms with E-state index in [0.29, 0.717) is 16.9 Å². The van der Waals surface area contributed by atoms with Crippen molar-refractivity contribution in [3.63, 3.8) is 0 Å². The highest BCUT2D eigenvalue weighted by molar-refractivity contribution is 6.14. The van der Waals surface area contributed by atoms with Crippen molar-refractivity contribution >= 4 is 23.4 Å².